The Morgan fingerprint density at radius 3 is 1.43 bits per heavy atom. The van der Waals surface area contributed by atoms with Crippen LogP contribution in [0.3, 0.4) is 0 Å². The molecule has 0 aromatic heterocycles. The normalized spacial score (nSPS) is 10.6. The van der Waals surface area contributed by atoms with E-state index in [1.807, 2.05) is 0 Å². The molecule has 2 nitrogen and oxygen atoms in total. The van der Waals surface area contributed by atoms with Gasteiger partial charge in [-0.2, -0.15) is 0 Å². The van der Waals surface area contributed by atoms with E-state index in [0.717, 1.165) is 18.8 Å². The molecular weight excluding hydrogens is 367 g/mol. The van der Waals surface area contributed by atoms with Crippen molar-refractivity contribution in [3.05, 3.63) is 0 Å². The Balaban J connectivity index is 0. The number of unbranched alkanes of at least 4 members (excludes halogenated alkanes) is 4. The molecule has 0 aromatic carbocycles. The van der Waals surface area contributed by atoms with Crippen LogP contribution >= 0.6 is 0 Å². The van der Waals surface area contributed by atoms with Crippen molar-refractivity contribution < 1.29 is 9.90 Å². The van der Waals surface area contributed by atoms with Crippen LogP contribution in [0.15, 0.2) is 0 Å². The molecule has 2 radical (unpaired) electrons. The molecule has 0 spiro atoms. The van der Waals surface area contributed by atoms with Gasteiger partial charge in [-0.05, 0) is 0 Å². The van der Waals surface area contributed by atoms with Crippen LogP contribution in [0.25, 0.3) is 0 Å². The van der Waals surface area contributed by atoms with E-state index in [1.165, 1.54) is 38.5 Å². The Hall–Kier alpha value is 0.269. The molecule has 0 aliphatic heterocycles. The fourth-order valence-corrected chi connectivity index (χ4v) is 5.65. The van der Waals surface area contributed by atoms with Gasteiger partial charge in [-0.1, -0.05) is 0 Å². The molecule has 0 aromatic rings. The van der Waals surface area contributed by atoms with E-state index in [0.29, 0.717) is 0 Å². The van der Waals surface area contributed by atoms with Crippen LogP contribution in [0.1, 0.15) is 86.0 Å². The summed E-state index contributed by atoms with van der Waals surface area (Å²) in [4.78, 5) is 9.00. The molecule has 0 saturated carbocycles. The number of aliphatic carboxylic acids is 1. The van der Waals surface area contributed by atoms with Crippen LogP contribution in [-0.4, -0.2) is 32.2 Å². The molecule has 0 saturated heterocycles. The standard InChI is InChI=1S/2C8H17.C2H4O2.Sn/c2*1-4-5-6-7-8(2)3;1-2(3)4;/h2*8H,1,4-7H2,2-3H3;1H3,(H,3,4);. The molecule has 0 bridgehead atoms. The van der Waals surface area contributed by atoms with Gasteiger partial charge in [-0.25, -0.2) is 0 Å². The van der Waals surface area contributed by atoms with Crippen molar-refractivity contribution in [1.82, 2.24) is 0 Å². The third kappa shape index (κ3) is 33.2. The Labute approximate surface area is 143 Å². The second-order valence-electron chi connectivity index (χ2n) is 6.76. The zero-order valence-corrected chi connectivity index (χ0v) is 17.9. The molecule has 0 fully saturated rings. The minimum atomic E-state index is -0.833. The van der Waals surface area contributed by atoms with Crippen LogP contribution in [0, 0.1) is 11.8 Å². The molecule has 0 aliphatic rings. The molecule has 3 heteroatoms. The van der Waals surface area contributed by atoms with Crippen molar-refractivity contribution in [2.75, 3.05) is 0 Å². The first-order chi connectivity index (χ1) is 9.86. The van der Waals surface area contributed by atoms with Crippen LogP contribution in [-0.2, 0) is 4.79 Å². The molecule has 1 N–H and O–H groups in total. The molecule has 126 valence electrons. The zero-order valence-electron chi connectivity index (χ0n) is 15.1. The third-order valence-electron chi connectivity index (χ3n) is 3.27. The average Bonchev–Trinajstić information content (AvgIpc) is 2.34. The van der Waals surface area contributed by atoms with Gasteiger partial charge in [0.1, 0.15) is 0 Å². The van der Waals surface area contributed by atoms with Gasteiger partial charge >= 0.3 is 121 Å². The van der Waals surface area contributed by atoms with Gasteiger partial charge in [0.2, 0.25) is 0 Å². The fourth-order valence-electron chi connectivity index (χ4n) is 2.08. The average molecular weight is 405 g/mol. The van der Waals surface area contributed by atoms with Gasteiger partial charge in [0.15, 0.2) is 0 Å². The number of hydrogen-bond donors (Lipinski definition) is 1. The zero-order chi connectivity index (χ0) is 16.5. The van der Waals surface area contributed by atoms with Crippen LogP contribution < -0.4 is 0 Å². The first-order valence-corrected chi connectivity index (χ1v) is 12.8. The summed E-state index contributed by atoms with van der Waals surface area (Å²) in [6.07, 6.45) is 12.0. The summed E-state index contributed by atoms with van der Waals surface area (Å²) >= 11 is 0.0570. The number of hydrogen-bond acceptors (Lipinski definition) is 1. The fraction of sp³-hybridized carbons (Fsp3) is 0.944. The maximum atomic E-state index is 9.00. The van der Waals surface area contributed by atoms with Crippen LogP contribution in [0.5, 0.6) is 0 Å². The SMILES string of the molecule is CC(=O)O.CC(C)CCCC[CH2][Sn][CH2]CCCCC(C)C. The van der Waals surface area contributed by atoms with E-state index >= 15 is 0 Å². The second kappa shape index (κ2) is 18.3. The van der Waals surface area contributed by atoms with Gasteiger partial charge in [0, 0.05) is 6.92 Å². The predicted molar refractivity (Wildman–Crippen MR) is 95.3 cm³/mol. The summed E-state index contributed by atoms with van der Waals surface area (Å²) in [7, 11) is 0. The van der Waals surface area contributed by atoms with Crippen molar-refractivity contribution in [3.8, 4) is 0 Å². The summed E-state index contributed by atoms with van der Waals surface area (Å²) < 4.78 is 3.29. The van der Waals surface area contributed by atoms with Crippen molar-refractivity contribution in [2.24, 2.45) is 11.8 Å². The van der Waals surface area contributed by atoms with Gasteiger partial charge in [0.05, 0.1) is 0 Å². The quantitative estimate of drug-likeness (QED) is 0.317. The Morgan fingerprint density at radius 2 is 1.14 bits per heavy atom. The molecule has 0 rings (SSSR count). The number of carboxylic acids is 1. The van der Waals surface area contributed by atoms with Crippen molar-refractivity contribution in [2.45, 2.75) is 94.9 Å². The Bertz CT molecular complexity index is 195. The molecule has 0 aliphatic carbocycles. The Kier molecular flexibility index (Phi) is 20.5. The number of rotatable bonds is 12. The Morgan fingerprint density at radius 1 is 0.810 bits per heavy atom. The molecule has 0 atom stereocenters. The van der Waals surface area contributed by atoms with Crippen LogP contribution in [0.4, 0.5) is 0 Å². The second-order valence-corrected chi connectivity index (χ2v) is 11.0. The monoisotopic (exact) mass is 406 g/mol. The molecule has 0 heterocycles. The van der Waals surface area contributed by atoms with E-state index in [1.54, 1.807) is 21.7 Å². The molecule has 0 unspecified atom stereocenters. The van der Waals surface area contributed by atoms with Gasteiger partial charge < -0.3 is 5.11 Å². The summed E-state index contributed by atoms with van der Waals surface area (Å²) in [6, 6.07) is 0. The van der Waals surface area contributed by atoms with Crippen molar-refractivity contribution >= 4 is 27.1 Å². The minimum absolute atomic E-state index is 0.0570. The van der Waals surface area contributed by atoms with Gasteiger partial charge in [-0.3, -0.25) is 4.79 Å². The summed E-state index contributed by atoms with van der Waals surface area (Å²) in [5.41, 5.74) is 0. The first kappa shape index (κ1) is 23.5. The van der Waals surface area contributed by atoms with Crippen LogP contribution in [0.2, 0.25) is 8.87 Å². The summed E-state index contributed by atoms with van der Waals surface area (Å²) in [6.45, 7) is 10.4. The van der Waals surface area contributed by atoms with E-state index in [-0.39, 0.29) is 21.1 Å². The topological polar surface area (TPSA) is 37.3 Å². The van der Waals surface area contributed by atoms with E-state index < -0.39 is 5.97 Å². The summed E-state index contributed by atoms with van der Waals surface area (Å²) in [5.74, 6) is 0.992. The van der Waals surface area contributed by atoms with E-state index in [2.05, 4.69) is 27.7 Å². The predicted octanol–water partition coefficient (Wildman–Crippen LogP) is 6.05. The van der Waals surface area contributed by atoms with E-state index in [4.69, 9.17) is 9.90 Å². The van der Waals surface area contributed by atoms with Crippen molar-refractivity contribution in [1.29, 1.82) is 0 Å². The molecule has 0 amide bonds. The molecule has 21 heavy (non-hydrogen) atoms. The first-order valence-electron chi connectivity index (χ1n) is 8.76. The third-order valence-corrected chi connectivity index (χ3v) is 7.31. The summed E-state index contributed by atoms with van der Waals surface area (Å²) in [5, 5.41) is 7.42. The maximum absolute atomic E-state index is 9.00. The molecular formula is C18H38O2Sn. The number of carboxylic acid groups (broad SMARTS) is 1. The van der Waals surface area contributed by atoms with Crippen molar-refractivity contribution in [3.63, 3.8) is 0 Å². The van der Waals surface area contributed by atoms with Gasteiger partial charge in [-0.15, -0.1) is 0 Å². The van der Waals surface area contributed by atoms with E-state index in [9.17, 15) is 0 Å². The van der Waals surface area contributed by atoms with Gasteiger partial charge in [0.25, 0.3) is 5.97 Å². The number of carbonyl (C=O) groups is 1.